The van der Waals surface area contributed by atoms with E-state index < -0.39 is 8.07 Å². The molecular formula is C21H23BrIN5O2Si. The Hall–Kier alpha value is -1.81. The number of nitrogens with one attached hydrogen (secondary N) is 1. The van der Waals surface area contributed by atoms with Crippen LogP contribution in [0.25, 0.3) is 22.3 Å². The van der Waals surface area contributed by atoms with Crippen molar-refractivity contribution in [3.63, 3.8) is 0 Å². The van der Waals surface area contributed by atoms with Crippen molar-refractivity contribution >= 4 is 69.4 Å². The summed E-state index contributed by atoms with van der Waals surface area (Å²) in [5.41, 5.74) is 3.71. The van der Waals surface area contributed by atoms with Gasteiger partial charge < -0.3 is 14.6 Å². The van der Waals surface area contributed by atoms with Crippen LogP contribution in [0, 0.1) is 14.9 Å². The minimum Gasteiger partial charge on any atom is -0.361 e. The Morgan fingerprint density at radius 3 is 2.77 bits per heavy atom. The number of anilines is 1. The van der Waals surface area contributed by atoms with Crippen LogP contribution in [0.3, 0.4) is 0 Å². The summed E-state index contributed by atoms with van der Waals surface area (Å²) >= 11 is 5.67. The van der Waals surface area contributed by atoms with E-state index in [1.807, 2.05) is 16.7 Å². The van der Waals surface area contributed by atoms with Crippen LogP contribution in [0.2, 0.25) is 25.7 Å². The van der Waals surface area contributed by atoms with Gasteiger partial charge in [0.25, 0.3) is 0 Å². The number of pyridine rings is 2. The van der Waals surface area contributed by atoms with Crippen molar-refractivity contribution in [1.82, 2.24) is 14.5 Å². The van der Waals surface area contributed by atoms with Gasteiger partial charge in [0.1, 0.15) is 28.7 Å². The van der Waals surface area contributed by atoms with Gasteiger partial charge in [-0.1, -0.05) is 19.6 Å². The molecule has 1 N–H and O–H groups in total. The molecule has 162 valence electrons. The number of hydrogen-bond donors (Lipinski definition) is 1. The summed E-state index contributed by atoms with van der Waals surface area (Å²) in [4.78, 5) is 20.3. The van der Waals surface area contributed by atoms with Gasteiger partial charge in [-0.25, -0.2) is 9.97 Å². The van der Waals surface area contributed by atoms with E-state index in [1.54, 1.807) is 12.3 Å². The second kappa shape index (κ2) is 9.77. The number of nitriles is 1. The van der Waals surface area contributed by atoms with Crippen LogP contribution >= 0.6 is 38.5 Å². The zero-order valence-corrected chi connectivity index (χ0v) is 22.5. The van der Waals surface area contributed by atoms with Gasteiger partial charge in [0, 0.05) is 33.4 Å². The van der Waals surface area contributed by atoms with Gasteiger partial charge in [0.15, 0.2) is 0 Å². The smallest absolute Gasteiger partial charge is 0.222 e. The van der Waals surface area contributed by atoms with Gasteiger partial charge in [-0.3, -0.25) is 4.79 Å². The number of fused-ring (bicyclic) bond motifs is 1. The Bertz CT molecular complexity index is 1180. The van der Waals surface area contributed by atoms with Gasteiger partial charge in [-0.2, -0.15) is 5.26 Å². The van der Waals surface area contributed by atoms with Crippen molar-refractivity contribution in [1.29, 1.82) is 5.26 Å². The summed E-state index contributed by atoms with van der Waals surface area (Å²) in [5, 5.41) is 12.5. The van der Waals surface area contributed by atoms with Gasteiger partial charge >= 0.3 is 0 Å². The number of ether oxygens (including phenoxy) is 1. The Morgan fingerprint density at radius 1 is 1.39 bits per heavy atom. The molecule has 0 unspecified atom stereocenters. The van der Waals surface area contributed by atoms with Crippen LogP contribution in [-0.2, 0) is 16.3 Å². The highest BCUT2D eigenvalue weighted by atomic mass is 127. The Labute approximate surface area is 204 Å². The van der Waals surface area contributed by atoms with E-state index in [4.69, 9.17) is 4.74 Å². The number of rotatable bonds is 7. The summed E-state index contributed by atoms with van der Waals surface area (Å²) < 4.78 is 9.56. The second-order valence-corrected chi connectivity index (χ2v) is 15.9. The van der Waals surface area contributed by atoms with E-state index in [2.05, 4.69) is 79.5 Å². The molecule has 0 saturated heterocycles. The lowest BCUT2D eigenvalue weighted by molar-refractivity contribution is -0.114. The highest BCUT2D eigenvalue weighted by Crippen LogP contribution is 2.37. The van der Waals surface area contributed by atoms with E-state index in [-0.39, 0.29) is 5.91 Å². The number of amides is 1. The van der Waals surface area contributed by atoms with Crippen molar-refractivity contribution < 1.29 is 9.53 Å². The molecule has 0 aliphatic carbocycles. The third-order valence-corrected chi connectivity index (χ3v) is 7.72. The van der Waals surface area contributed by atoms with E-state index in [9.17, 15) is 10.1 Å². The number of halogens is 2. The molecule has 31 heavy (non-hydrogen) atoms. The molecule has 0 atom stereocenters. The molecule has 3 aromatic heterocycles. The zero-order valence-electron chi connectivity index (χ0n) is 17.8. The predicted molar refractivity (Wildman–Crippen MR) is 137 cm³/mol. The number of carbonyl (C=O) groups is 1. The SMILES string of the molecule is CC(=O)Nc1cc(-c2c(I)c3nc(Br)cc(C#N)c3n2COCC[Si](C)(C)C)ccn1. The molecular weight excluding hydrogens is 589 g/mol. The average Bonchev–Trinajstić information content (AvgIpc) is 2.95. The molecule has 0 saturated carbocycles. The maximum absolute atomic E-state index is 11.5. The summed E-state index contributed by atoms with van der Waals surface area (Å²) in [5.74, 6) is 0.277. The van der Waals surface area contributed by atoms with Crippen LogP contribution in [0.5, 0.6) is 0 Å². The Morgan fingerprint density at radius 2 is 2.13 bits per heavy atom. The fourth-order valence-corrected chi connectivity index (χ4v) is 5.27. The lowest BCUT2D eigenvalue weighted by Gasteiger charge is -2.17. The van der Waals surface area contributed by atoms with Crippen molar-refractivity contribution in [2.75, 3.05) is 11.9 Å². The Balaban J connectivity index is 2.14. The molecule has 0 aliphatic rings. The van der Waals surface area contributed by atoms with E-state index in [0.29, 0.717) is 29.3 Å². The number of carbonyl (C=O) groups excluding carboxylic acids is 1. The fraction of sp³-hybridized carbons (Fsp3) is 0.333. The van der Waals surface area contributed by atoms with Crippen LogP contribution in [0.4, 0.5) is 5.82 Å². The van der Waals surface area contributed by atoms with Crippen LogP contribution in [0.1, 0.15) is 12.5 Å². The first kappa shape index (κ1) is 23.8. The summed E-state index contributed by atoms with van der Waals surface area (Å²) in [6, 6.07) is 8.75. The van der Waals surface area contributed by atoms with Gasteiger partial charge in [-0.05, 0) is 62.8 Å². The highest BCUT2D eigenvalue weighted by molar-refractivity contribution is 14.1. The maximum atomic E-state index is 11.5. The predicted octanol–water partition coefficient (Wildman–Crippen LogP) is 5.61. The van der Waals surface area contributed by atoms with Gasteiger partial charge in [0.2, 0.25) is 5.91 Å². The third-order valence-electron chi connectivity index (χ3n) is 4.59. The molecule has 0 spiro atoms. The Kier molecular flexibility index (Phi) is 7.51. The molecule has 3 rings (SSSR count). The zero-order chi connectivity index (χ0) is 22.8. The molecule has 0 aliphatic heterocycles. The number of nitrogens with zero attached hydrogens (tertiary/aromatic N) is 4. The number of hydrogen-bond acceptors (Lipinski definition) is 5. The summed E-state index contributed by atoms with van der Waals surface area (Å²) in [7, 11) is -1.22. The van der Waals surface area contributed by atoms with Crippen LogP contribution < -0.4 is 5.32 Å². The summed E-state index contributed by atoms with van der Waals surface area (Å²) in [6.45, 7) is 9.34. The van der Waals surface area contributed by atoms with Crippen molar-refractivity contribution in [2.24, 2.45) is 0 Å². The molecule has 7 nitrogen and oxygen atoms in total. The molecule has 10 heteroatoms. The normalized spacial score (nSPS) is 11.5. The van der Waals surface area contributed by atoms with E-state index in [0.717, 1.165) is 31.9 Å². The first-order valence-corrected chi connectivity index (χ1v) is 15.3. The lowest BCUT2D eigenvalue weighted by atomic mass is 10.2. The highest BCUT2D eigenvalue weighted by Gasteiger charge is 2.22. The van der Waals surface area contributed by atoms with Gasteiger partial charge in [-0.15, -0.1) is 0 Å². The van der Waals surface area contributed by atoms with Crippen molar-refractivity contribution in [2.45, 2.75) is 39.3 Å². The average molecular weight is 612 g/mol. The third kappa shape index (κ3) is 5.71. The van der Waals surface area contributed by atoms with Crippen LogP contribution in [-0.4, -0.2) is 35.1 Å². The first-order valence-electron chi connectivity index (χ1n) is 9.71. The largest absolute Gasteiger partial charge is 0.361 e. The van der Waals surface area contributed by atoms with Crippen molar-refractivity contribution in [3.8, 4) is 17.3 Å². The van der Waals surface area contributed by atoms with E-state index >= 15 is 0 Å². The van der Waals surface area contributed by atoms with Crippen molar-refractivity contribution in [3.05, 3.63) is 38.1 Å². The standard InChI is InChI=1S/C21H23BrIN5O2Si/c1-13(29)26-17-10-14(5-6-25-17)20-18(23)19-21(15(11-24)9-16(22)27-19)28(20)12-30-7-8-31(2,3)4/h5-6,9-10H,7-8,12H2,1-4H3,(H,25,26,29). The lowest BCUT2D eigenvalue weighted by Crippen LogP contribution is -2.22. The first-order chi connectivity index (χ1) is 14.6. The maximum Gasteiger partial charge on any atom is 0.222 e. The second-order valence-electron chi connectivity index (χ2n) is 8.35. The fourth-order valence-electron chi connectivity index (χ4n) is 3.13. The molecule has 0 bridgehead atoms. The quantitative estimate of drug-likeness (QED) is 0.162. The summed E-state index contributed by atoms with van der Waals surface area (Å²) in [6.07, 6.45) is 1.65. The molecule has 0 aromatic carbocycles. The van der Waals surface area contributed by atoms with Gasteiger partial charge in [0.05, 0.1) is 20.3 Å². The molecule has 1 amide bonds. The number of aromatic nitrogens is 3. The molecule has 0 fully saturated rings. The molecule has 0 radical (unpaired) electrons. The topological polar surface area (TPSA) is 92.8 Å². The molecule has 3 heterocycles. The minimum atomic E-state index is -1.22. The van der Waals surface area contributed by atoms with Crippen LogP contribution in [0.15, 0.2) is 29.0 Å². The molecule has 3 aromatic rings. The minimum absolute atomic E-state index is 0.188. The van der Waals surface area contributed by atoms with E-state index in [1.165, 1.54) is 6.92 Å². The monoisotopic (exact) mass is 611 g/mol.